The van der Waals surface area contributed by atoms with Crippen molar-refractivity contribution in [1.82, 2.24) is 9.97 Å². The number of aromatic nitrogens is 2. The summed E-state index contributed by atoms with van der Waals surface area (Å²) in [5.74, 6) is 0.453. The summed E-state index contributed by atoms with van der Waals surface area (Å²) < 4.78 is 10.2. The van der Waals surface area contributed by atoms with Crippen molar-refractivity contribution in [3.63, 3.8) is 0 Å². The van der Waals surface area contributed by atoms with Gasteiger partial charge >= 0.3 is 0 Å². The van der Waals surface area contributed by atoms with Gasteiger partial charge in [-0.3, -0.25) is 4.79 Å². The largest absolute Gasteiger partial charge is 0.489 e. The first-order chi connectivity index (χ1) is 8.64. The quantitative estimate of drug-likeness (QED) is 0.685. The van der Waals surface area contributed by atoms with Gasteiger partial charge in [0.1, 0.15) is 0 Å². The molecule has 100 valence electrons. The lowest BCUT2D eigenvalue weighted by atomic mass is 9.94. The number of rotatable bonds is 4. The highest BCUT2D eigenvalue weighted by atomic mass is 16.5. The van der Waals surface area contributed by atoms with Crippen LogP contribution in [0.15, 0.2) is 11.1 Å². The lowest BCUT2D eigenvalue weighted by molar-refractivity contribution is -0.0544. The Morgan fingerprint density at radius 1 is 1.61 bits per heavy atom. The molecule has 2 heterocycles. The second-order valence-electron chi connectivity index (χ2n) is 4.30. The van der Waals surface area contributed by atoms with E-state index in [-0.39, 0.29) is 11.3 Å². The normalized spacial score (nSPS) is 18.3. The molecule has 0 atom stereocenters. The van der Waals surface area contributed by atoms with Gasteiger partial charge in [-0.25, -0.2) is 4.98 Å². The van der Waals surface area contributed by atoms with E-state index in [0.717, 1.165) is 0 Å². The van der Waals surface area contributed by atoms with Crippen molar-refractivity contribution in [2.75, 3.05) is 32.2 Å². The van der Waals surface area contributed by atoms with E-state index in [1.807, 2.05) is 0 Å². The first-order valence-electron chi connectivity index (χ1n) is 5.80. The van der Waals surface area contributed by atoms with Crippen molar-refractivity contribution in [3.05, 3.63) is 16.7 Å². The number of hydrogen-bond acceptors (Lipinski definition) is 6. The minimum Gasteiger partial charge on any atom is -0.489 e. The van der Waals surface area contributed by atoms with Crippen LogP contribution in [0.3, 0.4) is 0 Å². The highest BCUT2D eigenvalue weighted by Crippen LogP contribution is 2.22. The molecule has 0 aromatic carbocycles. The maximum Gasteiger partial charge on any atom is 0.295 e. The standard InChI is InChI=1S/C11H17N3O4/c1-17-8-9(13-7-14-10(8)15)12-6-11(16)2-4-18-5-3-11/h7,16H,2-6H2,1H3,(H2,12,13,14,15). The van der Waals surface area contributed by atoms with Crippen LogP contribution in [-0.2, 0) is 4.74 Å². The number of methoxy groups -OCH3 is 1. The molecule has 1 aliphatic rings. The molecule has 3 N–H and O–H groups in total. The number of ether oxygens (including phenoxy) is 2. The summed E-state index contributed by atoms with van der Waals surface area (Å²) in [5.41, 5.74) is -1.18. The number of nitrogens with one attached hydrogen (secondary N) is 2. The molecule has 7 heteroatoms. The predicted molar refractivity (Wildman–Crippen MR) is 64.9 cm³/mol. The molecule has 7 nitrogen and oxygen atoms in total. The Labute approximate surface area is 104 Å². The van der Waals surface area contributed by atoms with Gasteiger partial charge < -0.3 is 24.9 Å². The van der Waals surface area contributed by atoms with E-state index >= 15 is 0 Å². The first-order valence-corrected chi connectivity index (χ1v) is 5.80. The van der Waals surface area contributed by atoms with Crippen LogP contribution in [0.4, 0.5) is 5.82 Å². The second kappa shape index (κ2) is 5.36. The smallest absolute Gasteiger partial charge is 0.295 e. The predicted octanol–water partition coefficient (Wildman–Crippen LogP) is -0.268. The van der Waals surface area contributed by atoms with Crippen LogP contribution in [0, 0.1) is 0 Å². The third-order valence-electron chi connectivity index (χ3n) is 3.02. The number of aliphatic hydroxyl groups is 1. The van der Waals surface area contributed by atoms with Gasteiger partial charge in [-0.15, -0.1) is 0 Å². The lowest BCUT2D eigenvalue weighted by Gasteiger charge is -2.32. The summed E-state index contributed by atoms with van der Waals surface area (Å²) in [6.45, 7) is 1.39. The van der Waals surface area contributed by atoms with Crippen LogP contribution in [0.25, 0.3) is 0 Å². The van der Waals surface area contributed by atoms with Gasteiger partial charge in [-0.1, -0.05) is 0 Å². The minimum absolute atomic E-state index is 0.119. The Kier molecular flexibility index (Phi) is 3.83. The van der Waals surface area contributed by atoms with Gasteiger partial charge in [-0.2, -0.15) is 0 Å². The maximum atomic E-state index is 11.5. The molecule has 2 rings (SSSR count). The molecule has 1 aliphatic heterocycles. The lowest BCUT2D eigenvalue weighted by Crippen LogP contribution is -2.42. The molecule has 0 radical (unpaired) electrons. The van der Waals surface area contributed by atoms with Crippen LogP contribution < -0.4 is 15.6 Å². The zero-order valence-electron chi connectivity index (χ0n) is 10.2. The van der Waals surface area contributed by atoms with Crippen molar-refractivity contribution in [1.29, 1.82) is 0 Å². The van der Waals surface area contributed by atoms with Crippen LogP contribution in [0.1, 0.15) is 12.8 Å². The van der Waals surface area contributed by atoms with Gasteiger partial charge in [-0.05, 0) is 0 Å². The molecule has 0 amide bonds. The fourth-order valence-corrected chi connectivity index (χ4v) is 1.88. The van der Waals surface area contributed by atoms with Crippen molar-refractivity contribution >= 4 is 5.82 Å². The fourth-order valence-electron chi connectivity index (χ4n) is 1.88. The highest BCUT2D eigenvalue weighted by molar-refractivity contribution is 5.48. The molecular weight excluding hydrogens is 238 g/mol. The number of nitrogens with zero attached hydrogens (tertiary/aromatic N) is 1. The van der Waals surface area contributed by atoms with E-state index < -0.39 is 5.60 Å². The third kappa shape index (κ3) is 2.80. The second-order valence-corrected chi connectivity index (χ2v) is 4.30. The Morgan fingerprint density at radius 2 is 2.33 bits per heavy atom. The van der Waals surface area contributed by atoms with Crippen LogP contribution in [0.2, 0.25) is 0 Å². The van der Waals surface area contributed by atoms with Gasteiger partial charge in [0.25, 0.3) is 5.56 Å². The third-order valence-corrected chi connectivity index (χ3v) is 3.02. The van der Waals surface area contributed by atoms with E-state index in [0.29, 0.717) is 38.4 Å². The molecule has 0 saturated carbocycles. The van der Waals surface area contributed by atoms with E-state index in [1.54, 1.807) is 0 Å². The van der Waals surface area contributed by atoms with Crippen molar-refractivity contribution in [3.8, 4) is 5.75 Å². The molecule has 1 saturated heterocycles. The summed E-state index contributed by atoms with van der Waals surface area (Å²) in [6.07, 6.45) is 2.41. The highest BCUT2D eigenvalue weighted by Gasteiger charge is 2.30. The van der Waals surface area contributed by atoms with Crippen LogP contribution >= 0.6 is 0 Å². The SMILES string of the molecule is COc1c(NCC2(O)CCOCC2)nc[nH]c1=O. The van der Waals surface area contributed by atoms with Crippen LogP contribution in [-0.4, -0.2) is 47.5 Å². The molecule has 0 spiro atoms. The zero-order chi connectivity index (χ0) is 13.0. The van der Waals surface area contributed by atoms with Gasteiger partial charge in [0.05, 0.1) is 19.0 Å². The average Bonchev–Trinajstić information content (AvgIpc) is 2.37. The minimum atomic E-state index is -0.826. The molecule has 18 heavy (non-hydrogen) atoms. The summed E-state index contributed by atoms with van der Waals surface area (Å²) in [7, 11) is 1.40. The molecule has 0 bridgehead atoms. The van der Waals surface area contributed by atoms with Crippen molar-refractivity contribution < 1.29 is 14.6 Å². The van der Waals surface area contributed by atoms with Crippen molar-refractivity contribution in [2.24, 2.45) is 0 Å². The average molecular weight is 255 g/mol. The summed E-state index contributed by atoms with van der Waals surface area (Å²) in [6, 6.07) is 0. The molecule has 1 aromatic rings. The fraction of sp³-hybridized carbons (Fsp3) is 0.636. The van der Waals surface area contributed by atoms with E-state index in [9.17, 15) is 9.90 Å². The molecule has 0 aliphatic carbocycles. The summed E-state index contributed by atoms with van der Waals surface area (Å²) in [5, 5.41) is 13.2. The number of aromatic amines is 1. The van der Waals surface area contributed by atoms with Crippen molar-refractivity contribution in [2.45, 2.75) is 18.4 Å². The van der Waals surface area contributed by atoms with Gasteiger partial charge in [0.15, 0.2) is 5.82 Å². The molecular formula is C11H17N3O4. The number of H-pyrrole nitrogens is 1. The van der Waals surface area contributed by atoms with Crippen LogP contribution in [0.5, 0.6) is 5.75 Å². The summed E-state index contributed by atoms with van der Waals surface area (Å²) >= 11 is 0. The summed E-state index contributed by atoms with van der Waals surface area (Å²) in [4.78, 5) is 17.9. The molecule has 1 fully saturated rings. The number of anilines is 1. The molecule has 0 unspecified atom stereocenters. The monoisotopic (exact) mass is 255 g/mol. The van der Waals surface area contributed by atoms with Gasteiger partial charge in [0.2, 0.25) is 5.75 Å². The molecule has 1 aromatic heterocycles. The van der Waals surface area contributed by atoms with E-state index in [1.165, 1.54) is 13.4 Å². The topological polar surface area (TPSA) is 96.5 Å². The number of hydrogen-bond donors (Lipinski definition) is 3. The zero-order valence-corrected chi connectivity index (χ0v) is 10.2. The Hall–Kier alpha value is -1.60. The Balaban J connectivity index is 2.06. The maximum absolute atomic E-state index is 11.5. The Morgan fingerprint density at radius 3 is 3.00 bits per heavy atom. The van der Waals surface area contributed by atoms with E-state index in [2.05, 4.69) is 15.3 Å². The first kappa shape index (κ1) is 12.8. The Bertz CT molecular complexity index is 454. The van der Waals surface area contributed by atoms with Gasteiger partial charge in [0, 0.05) is 32.6 Å². The van der Waals surface area contributed by atoms with E-state index in [4.69, 9.17) is 9.47 Å².